The molecule has 118 valence electrons. The van der Waals surface area contributed by atoms with Crippen LogP contribution in [0.5, 0.6) is 5.75 Å². The molecule has 1 amide bonds. The minimum Gasteiger partial charge on any atom is -0.496 e. The summed E-state index contributed by atoms with van der Waals surface area (Å²) in [7, 11) is 1.64. The molecule has 0 spiro atoms. The fourth-order valence-corrected chi connectivity index (χ4v) is 2.83. The molecule has 0 fully saturated rings. The first kappa shape index (κ1) is 17.5. The van der Waals surface area contributed by atoms with Crippen molar-refractivity contribution in [1.82, 2.24) is 0 Å². The van der Waals surface area contributed by atoms with Crippen molar-refractivity contribution in [3.8, 4) is 5.75 Å². The Balaban J connectivity index is 2.93. The van der Waals surface area contributed by atoms with Crippen LogP contribution in [0.2, 0.25) is 0 Å². The number of carbonyl (C=O) groups is 1. The van der Waals surface area contributed by atoms with Gasteiger partial charge in [0.1, 0.15) is 5.75 Å². The first-order valence-electron chi connectivity index (χ1n) is 7.69. The average molecular weight is 292 g/mol. The molecule has 1 aromatic rings. The van der Waals surface area contributed by atoms with Gasteiger partial charge in [-0.3, -0.25) is 4.79 Å². The molecular formula is C17H28N2O2. The third kappa shape index (κ3) is 4.21. The molecule has 3 N–H and O–H groups in total. The second kappa shape index (κ2) is 8.03. The quantitative estimate of drug-likeness (QED) is 0.771. The van der Waals surface area contributed by atoms with Crippen LogP contribution in [-0.2, 0) is 4.79 Å². The van der Waals surface area contributed by atoms with Crippen molar-refractivity contribution in [2.75, 3.05) is 19.0 Å². The Morgan fingerprint density at radius 2 is 1.90 bits per heavy atom. The Hall–Kier alpha value is -1.55. The number of ether oxygens (including phenoxy) is 1. The van der Waals surface area contributed by atoms with Crippen molar-refractivity contribution in [2.45, 2.75) is 46.5 Å². The number of rotatable bonds is 8. The molecule has 0 aliphatic rings. The molecule has 4 nitrogen and oxygen atoms in total. The van der Waals surface area contributed by atoms with E-state index < -0.39 is 5.41 Å². The molecule has 0 aliphatic heterocycles. The number of anilines is 1. The summed E-state index contributed by atoms with van der Waals surface area (Å²) in [5.41, 5.74) is 7.26. The van der Waals surface area contributed by atoms with Gasteiger partial charge < -0.3 is 15.8 Å². The van der Waals surface area contributed by atoms with Crippen LogP contribution in [0.3, 0.4) is 0 Å². The van der Waals surface area contributed by atoms with Gasteiger partial charge in [0.05, 0.1) is 12.5 Å². The lowest BCUT2D eigenvalue weighted by molar-refractivity contribution is -0.126. The Labute approximate surface area is 128 Å². The minimum atomic E-state index is -0.461. The summed E-state index contributed by atoms with van der Waals surface area (Å²) in [6.45, 7) is 6.52. The van der Waals surface area contributed by atoms with Crippen molar-refractivity contribution in [3.63, 3.8) is 0 Å². The maximum absolute atomic E-state index is 12.7. The highest BCUT2D eigenvalue weighted by Gasteiger charge is 2.35. The highest BCUT2D eigenvalue weighted by atomic mass is 16.5. The van der Waals surface area contributed by atoms with Gasteiger partial charge in [0.2, 0.25) is 5.91 Å². The molecule has 0 atom stereocenters. The molecule has 4 heteroatoms. The second-order valence-corrected chi connectivity index (χ2v) is 5.62. The van der Waals surface area contributed by atoms with E-state index in [0.29, 0.717) is 6.54 Å². The molecule has 1 rings (SSSR count). The fraction of sp³-hybridized carbons (Fsp3) is 0.588. The van der Waals surface area contributed by atoms with Gasteiger partial charge in [-0.25, -0.2) is 0 Å². The van der Waals surface area contributed by atoms with Gasteiger partial charge in [-0.1, -0.05) is 26.7 Å². The van der Waals surface area contributed by atoms with Crippen molar-refractivity contribution in [3.05, 3.63) is 23.8 Å². The van der Waals surface area contributed by atoms with Gasteiger partial charge in [0.25, 0.3) is 0 Å². The fourth-order valence-electron chi connectivity index (χ4n) is 2.83. The van der Waals surface area contributed by atoms with E-state index in [1.54, 1.807) is 7.11 Å². The molecule has 0 aliphatic carbocycles. The normalized spacial score (nSPS) is 11.3. The Morgan fingerprint density at radius 3 is 2.33 bits per heavy atom. The number of methoxy groups -OCH3 is 1. The first-order chi connectivity index (χ1) is 10.0. The monoisotopic (exact) mass is 292 g/mol. The van der Waals surface area contributed by atoms with Crippen LogP contribution in [0.15, 0.2) is 18.2 Å². The van der Waals surface area contributed by atoms with Crippen molar-refractivity contribution < 1.29 is 9.53 Å². The van der Waals surface area contributed by atoms with Crippen LogP contribution in [0.4, 0.5) is 5.69 Å². The first-order valence-corrected chi connectivity index (χ1v) is 7.69. The van der Waals surface area contributed by atoms with Gasteiger partial charge in [-0.15, -0.1) is 0 Å². The number of benzene rings is 1. The van der Waals surface area contributed by atoms with Crippen LogP contribution in [0, 0.1) is 12.3 Å². The topological polar surface area (TPSA) is 64.4 Å². The Bertz CT molecular complexity index is 466. The molecule has 0 saturated carbocycles. The number of nitrogens with one attached hydrogen (secondary N) is 1. The molecule has 0 aromatic heterocycles. The van der Waals surface area contributed by atoms with E-state index in [-0.39, 0.29) is 5.91 Å². The van der Waals surface area contributed by atoms with E-state index in [4.69, 9.17) is 10.5 Å². The highest BCUT2D eigenvalue weighted by Crippen LogP contribution is 2.31. The van der Waals surface area contributed by atoms with Crippen molar-refractivity contribution in [1.29, 1.82) is 0 Å². The molecule has 1 aromatic carbocycles. The molecule has 21 heavy (non-hydrogen) atoms. The molecule has 0 unspecified atom stereocenters. The predicted octanol–water partition coefficient (Wildman–Crippen LogP) is 3.49. The lowest BCUT2D eigenvalue weighted by atomic mass is 9.78. The van der Waals surface area contributed by atoms with Gasteiger partial charge in [-0.05, 0) is 43.5 Å². The van der Waals surface area contributed by atoms with Crippen molar-refractivity contribution >= 4 is 11.6 Å². The smallest absolute Gasteiger partial charge is 0.231 e. The third-order valence-electron chi connectivity index (χ3n) is 3.98. The zero-order valence-electron chi connectivity index (χ0n) is 13.7. The third-order valence-corrected chi connectivity index (χ3v) is 3.98. The maximum atomic E-state index is 12.7. The number of hydrogen-bond donors (Lipinski definition) is 2. The van der Waals surface area contributed by atoms with Crippen LogP contribution in [0.1, 0.15) is 45.1 Å². The van der Waals surface area contributed by atoms with Crippen molar-refractivity contribution in [2.24, 2.45) is 11.1 Å². The van der Waals surface area contributed by atoms with E-state index in [9.17, 15) is 4.79 Å². The summed E-state index contributed by atoms with van der Waals surface area (Å²) >= 11 is 0. The number of hydrogen-bond acceptors (Lipinski definition) is 3. The van der Waals surface area contributed by atoms with Crippen LogP contribution >= 0.6 is 0 Å². The lowest BCUT2D eigenvalue weighted by Gasteiger charge is -2.30. The number of carbonyl (C=O) groups excluding carboxylic acids is 1. The van der Waals surface area contributed by atoms with E-state index in [1.807, 2.05) is 25.1 Å². The maximum Gasteiger partial charge on any atom is 0.231 e. The van der Waals surface area contributed by atoms with E-state index >= 15 is 0 Å². The summed E-state index contributed by atoms with van der Waals surface area (Å²) < 4.78 is 5.24. The van der Waals surface area contributed by atoms with Crippen LogP contribution < -0.4 is 15.8 Å². The van der Waals surface area contributed by atoms with Crippen LogP contribution in [0.25, 0.3) is 0 Å². The van der Waals surface area contributed by atoms with Gasteiger partial charge >= 0.3 is 0 Å². The zero-order valence-corrected chi connectivity index (χ0v) is 13.7. The standard InChI is InChI=1S/C17H28N2O2/c1-5-9-17(12-18,10-6-2)16(20)19-14-7-8-15(21-4)13(3)11-14/h7-8,11H,5-6,9-10,12,18H2,1-4H3,(H,19,20). The Morgan fingerprint density at radius 1 is 1.29 bits per heavy atom. The SMILES string of the molecule is CCCC(CN)(CCC)C(=O)Nc1ccc(OC)c(C)c1. The lowest BCUT2D eigenvalue weighted by Crippen LogP contribution is -2.42. The minimum absolute atomic E-state index is 0.0262. The number of aryl methyl sites for hydroxylation is 1. The summed E-state index contributed by atoms with van der Waals surface area (Å²) in [5.74, 6) is 0.846. The van der Waals surface area contributed by atoms with Gasteiger partial charge in [-0.2, -0.15) is 0 Å². The summed E-state index contributed by atoms with van der Waals surface area (Å²) in [6, 6.07) is 5.66. The van der Waals surface area contributed by atoms with Crippen LogP contribution in [-0.4, -0.2) is 19.6 Å². The summed E-state index contributed by atoms with van der Waals surface area (Å²) in [5, 5.41) is 3.02. The molecule has 0 heterocycles. The molecule has 0 saturated heterocycles. The predicted molar refractivity (Wildman–Crippen MR) is 87.7 cm³/mol. The molecule has 0 radical (unpaired) electrons. The summed E-state index contributed by atoms with van der Waals surface area (Å²) in [6.07, 6.45) is 3.54. The van der Waals surface area contributed by atoms with E-state index in [1.165, 1.54) is 0 Å². The molecular weight excluding hydrogens is 264 g/mol. The van der Waals surface area contributed by atoms with E-state index in [0.717, 1.165) is 42.7 Å². The van der Waals surface area contributed by atoms with Gasteiger partial charge in [0.15, 0.2) is 0 Å². The van der Waals surface area contributed by atoms with Gasteiger partial charge in [0, 0.05) is 12.2 Å². The average Bonchev–Trinajstić information content (AvgIpc) is 2.47. The summed E-state index contributed by atoms with van der Waals surface area (Å²) in [4.78, 5) is 12.7. The zero-order chi connectivity index (χ0) is 15.9. The molecule has 0 bridgehead atoms. The Kier molecular flexibility index (Phi) is 6.69. The highest BCUT2D eigenvalue weighted by molar-refractivity contribution is 5.95. The van der Waals surface area contributed by atoms with E-state index in [2.05, 4.69) is 19.2 Å². The number of nitrogens with two attached hydrogens (primary N) is 1. The largest absolute Gasteiger partial charge is 0.496 e. The second-order valence-electron chi connectivity index (χ2n) is 5.62. The number of amides is 1.